The van der Waals surface area contributed by atoms with Gasteiger partial charge in [0.05, 0.1) is 36.4 Å². The number of ether oxygens (including phenoxy) is 2. The number of hydrogen-bond donors (Lipinski definition) is 1. The molecule has 31 heavy (non-hydrogen) atoms. The van der Waals surface area contributed by atoms with Crippen LogP contribution in [0.25, 0.3) is 10.9 Å². The van der Waals surface area contributed by atoms with E-state index in [1.54, 1.807) is 11.1 Å². The van der Waals surface area contributed by atoms with Gasteiger partial charge in [-0.05, 0) is 30.0 Å². The average molecular weight is 418 g/mol. The maximum absolute atomic E-state index is 12.9. The molecule has 1 amide bonds. The van der Waals surface area contributed by atoms with Crippen molar-refractivity contribution in [1.82, 2.24) is 9.88 Å². The number of hydrogen-bond acceptors (Lipinski definition) is 5. The van der Waals surface area contributed by atoms with Crippen LogP contribution in [0.1, 0.15) is 24.0 Å². The Kier molecular flexibility index (Phi) is 5.34. The van der Waals surface area contributed by atoms with Gasteiger partial charge in [0.2, 0.25) is 0 Å². The molecule has 2 aromatic carbocycles. The Morgan fingerprint density at radius 2 is 1.81 bits per heavy atom. The number of piperidine rings is 1. The first kappa shape index (κ1) is 20.0. The van der Waals surface area contributed by atoms with E-state index in [0.717, 1.165) is 22.0 Å². The first-order valence-electron chi connectivity index (χ1n) is 10.7. The van der Waals surface area contributed by atoms with Gasteiger partial charge < -0.3 is 14.6 Å². The third-order valence-corrected chi connectivity index (χ3v) is 6.29. The van der Waals surface area contributed by atoms with E-state index in [2.05, 4.69) is 4.98 Å². The molecule has 2 saturated heterocycles. The Balaban J connectivity index is 1.31. The van der Waals surface area contributed by atoms with Crippen LogP contribution in [-0.2, 0) is 22.5 Å². The Morgan fingerprint density at radius 3 is 2.58 bits per heavy atom. The van der Waals surface area contributed by atoms with Crippen LogP contribution in [0, 0.1) is 0 Å². The van der Waals surface area contributed by atoms with Crippen molar-refractivity contribution in [3.8, 4) is 0 Å². The van der Waals surface area contributed by atoms with Gasteiger partial charge in [0.15, 0.2) is 0 Å². The zero-order valence-electron chi connectivity index (χ0n) is 17.3. The molecule has 3 heterocycles. The number of aromatic nitrogens is 1. The molecule has 2 atom stereocenters. The molecule has 2 unspecified atom stereocenters. The Bertz CT molecular complexity index is 1050. The van der Waals surface area contributed by atoms with Crippen LogP contribution in [0.2, 0.25) is 0 Å². The quantitative estimate of drug-likeness (QED) is 0.699. The predicted octanol–water partition coefficient (Wildman–Crippen LogP) is 3.71. The summed E-state index contributed by atoms with van der Waals surface area (Å²) >= 11 is 0. The molecule has 2 bridgehead atoms. The van der Waals surface area contributed by atoms with Gasteiger partial charge in [-0.15, -0.1) is 0 Å². The highest BCUT2D eigenvalue weighted by molar-refractivity contribution is 5.81. The van der Waals surface area contributed by atoms with Crippen LogP contribution in [0.4, 0.5) is 4.79 Å². The number of morpholine rings is 1. The summed E-state index contributed by atoms with van der Waals surface area (Å²) < 4.78 is 11.3. The monoisotopic (exact) mass is 418 g/mol. The topological polar surface area (TPSA) is 71.9 Å². The first-order chi connectivity index (χ1) is 15.1. The van der Waals surface area contributed by atoms with E-state index in [-0.39, 0.29) is 24.8 Å². The van der Waals surface area contributed by atoms with E-state index in [9.17, 15) is 9.90 Å². The maximum atomic E-state index is 12.9. The highest BCUT2D eigenvalue weighted by Gasteiger charge is 2.48. The van der Waals surface area contributed by atoms with E-state index in [1.807, 2.05) is 60.7 Å². The van der Waals surface area contributed by atoms with Crippen molar-refractivity contribution in [2.75, 3.05) is 13.2 Å². The largest absolute Gasteiger partial charge is 0.445 e. The van der Waals surface area contributed by atoms with E-state index < -0.39 is 5.60 Å². The lowest BCUT2D eigenvalue weighted by atomic mass is 9.77. The molecule has 2 aliphatic heterocycles. The number of nitrogens with zero attached hydrogens (tertiary/aromatic N) is 2. The average Bonchev–Trinajstić information content (AvgIpc) is 2.78. The minimum atomic E-state index is -0.916. The molecule has 0 radical (unpaired) electrons. The maximum Gasteiger partial charge on any atom is 0.410 e. The lowest BCUT2D eigenvalue weighted by Gasteiger charge is -2.51. The number of aliphatic hydroxyl groups is 1. The van der Waals surface area contributed by atoms with Crippen molar-refractivity contribution in [3.63, 3.8) is 0 Å². The van der Waals surface area contributed by atoms with E-state index in [1.165, 1.54) is 0 Å². The molecule has 1 aromatic heterocycles. The number of amides is 1. The SMILES string of the molecule is O=C(OCc1ccccc1)N1C2COCC1CC(O)(Cc1cccc3cccnc13)C2. The summed E-state index contributed by atoms with van der Waals surface area (Å²) in [6.07, 6.45) is 2.85. The summed E-state index contributed by atoms with van der Waals surface area (Å²) in [4.78, 5) is 19.2. The molecule has 160 valence electrons. The highest BCUT2D eigenvalue weighted by Crippen LogP contribution is 2.38. The number of fused-ring (bicyclic) bond motifs is 3. The van der Waals surface area contributed by atoms with Crippen LogP contribution < -0.4 is 0 Å². The van der Waals surface area contributed by atoms with Gasteiger partial charge in [-0.3, -0.25) is 9.88 Å². The summed E-state index contributed by atoms with van der Waals surface area (Å²) in [5, 5.41) is 12.6. The van der Waals surface area contributed by atoms with Crippen molar-refractivity contribution in [2.45, 2.75) is 43.6 Å². The number of rotatable bonds is 4. The van der Waals surface area contributed by atoms with E-state index in [0.29, 0.717) is 32.5 Å². The zero-order valence-corrected chi connectivity index (χ0v) is 17.3. The number of pyridine rings is 1. The molecule has 2 fully saturated rings. The normalized spacial score (nSPS) is 25.4. The molecule has 6 heteroatoms. The molecular weight excluding hydrogens is 392 g/mol. The molecular formula is C25H26N2O4. The number of benzene rings is 2. The smallest absolute Gasteiger partial charge is 0.410 e. The molecule has 0 spiro atoms. The second kappa shape index (κ2) is 8.29. The Labute approximate surface area is 181 Å². The second-order valence-electron chi connectivity index (χ2n) is 8.59. The van der Waals surface area contributed by atoms with Gasteiger partial charge >= 0.3 is 6.09 Å². The number of para-hydroxylation sites is 1. The fraction of sp³-hybridized carbons (Fsp3) is 0.360. The van der Waals surface area contributed by atoms with Crippen LogP contribution >= 0.6 is 0 Å². The third kappa shape index (κ3) is 4.13. The third-order valence-electron chi connectivity index (χ3n) is 6.29. The standard InChI is InChI=1S/C25H26N2O4/c28-24(31-15-18-6-2-1-3-7-18)27-21-13-25(29,14-22(27)17-30-16-21)12-20-9-4-8-19-10-5-11-26-23(19)20/h1-11,21-22,29H,12-17H2. The van der Waals surface area contributed by atoms with Gasteiger partial charge in [-0.25, -0.2) is 4.79 Å². The van der Waals surface area contributed by atoms with Crippen LogP contribution in [0.3, 0.4) is 0 Å². The molecule has 5 rings (SSSR count). The second-order valence-corrected chi connectivity index (χ2v) is 8.59. The lowest BCUT2D eigenvalue weighted by molar-refractivity contribution is -0.132. The molecule has 6 nitrogen and oxygen atoms in total. The van der Waals surface area contributed by atoms with Crippen LogP contribution in [0.5, 0.6) is 0 Å². The first-order valence-corrected chi connectivity index (χ1v) is 10.7. The van der Waals surface area contributed by atoms with Gasteiger partial charge in [0.25, 0.3) is 0 Å². The summed E-state index contributed by atoms with van der Waals surface area (Å²) in [5.74, 6) is 0. The summed E-state index contributed by atoms with van der Waals surface area (Å²) in [5.41, 5.74) is 1.99. The van der Waals surface area contributed by atoms with Crippen molar-refractivity contribution in [3.05, 3.63) is 78.0 Å². The van der Waals surface area contributed by atoms with Crippen molar-refractivity contribution in [2.24, 2.45) is 0 Å². The minimum absolute atomic E-state index is 0.205. The Hall–Kier alpha value is -2.96. The van der Waals surface area contributed by atoms with Gasteiger partial charge in [0.1, 0.15) is 6.61 Å². The molecule has 3 aromatic rings. The predicted molar refractivity (Wildman–Crippen MR) is 116 cm³/mol. The summed E-state index contributed by atoms with van der Waals surface area (Å²) in [7, 11) is 0. The fourth-order valence-corrected chi connectivity index (χ4v) is 4.97. The lowest BCUT2D eigenvalue weighted by Crippen LogP contribution is -2.64. The van der Waals surface area contributed by atoms with E-state index >= 15 is 0 Å². The molecule has 2 aliphatic rings. The van der Waals surface area contributed by atoms with Crippen molar-refractivity contribution >= 4 is 17.0 Å². The van der Waals surface area contributed by atoms with Crippen molar-refractivity contribution < 1.29 is 19.4 Å². The van der Waals surface area contributed by atoms with Crippen LogP contribution in [-0.4, -0.2) is 52.0 Å². The number of carbonyl (C=O) groups excluding carboxylic acids is 1. The molecule has 0 aliphatic carbocycles. The van der Waals surface area contributed by atoms with Gasteiger partial charge in [-0.2, -0.15) is 0 Å². The zero-order chi connectivity index (χ0) is 21.3. The summed E-state index contributed by atoms with van der Waals surface area (Å²) in [6, 6.07) is 19.3. The molecule has 0 saturated carbocycles. The minimum Gasteiger partial charge on any atom is -0.445 e. The van der Waals surface area contributed by atoms with Gasteiger partial charge in [-0.1, -0.05) is 54.6 Å². The van der Waals surface area contributed by atoms with Crippen molar-refractivity contribution in [1.29, 1.82) is 0 Å². The Morgan fingerprint density at radius 1 is 1.06 bits per heavy atom. The highest BCUT2D eigenvalue weighted by atomic mass is 16.6. The van der Waals surface area contributed by atoms with Gasteiger partial charge in [0, 0.05) is 18.0 Å². The number of carbonyl (C=O) groups is 1. The van der Waals surface area contributed by atoms with E-state index in [4.69, 9.17) is 9.47 Å². The molecule has 1 N–H and O–H groups in total. The fourth-order valence-electron chi connectivity index (χ4n) is 4.97. The van der Waals surface area contributed by atoms with Crippen LogP contribution in [0.15, 0.2) is 66.9 Å². The summed E-state index contributed by atoms with van der Waals surface area (Å²) in [6.45, 7) is 1.06.